The molecule has 0 bridgehead atoms. The topological polar surface area (TPSA) is 41.5 Å². The maximum atomic E-state index is 11.9. The fourth-order valence-electron chi connectivity index (χ4n) is 1.65. The predicted octanol–water partition coefficient (Wildman–Crippen LogP) is 4.07. The van der Waals surface area contributed by atoms with E-state index in [4.69, 9.17) is 23.2 Å². The van der Waals surface area contributed by atoms with Gasteiger partial charge in [0.2, 0.25) is 0 Å². The Kier molecular flexibility index (Phi) is 4.77. The minimum atomic E-state index is -0.251. The van der Waals surface area contributed by atoms with E-state index in [1.54, 1.807) is 24.3 Å². The first-order valence-corrected chi connectivity index (χ1v) is 6.67. The third kappa shape index (κ3) is 3.59. The van der Waals surface area contributed by atoms with Crippen molar-refractivity contribution in [1.29, 1.82) is 0 Å². The molecule has 0 fully saturated rings. The number of nitrogens with zero attached hydrogens (tertiary/aromatic N) is 1. The van der Waals surface area contributed by atoms with Gasteiger partial charge in [-0.1, -0.05) is 47.5 Å². The zero-order valence-corrected chi connectivity index (χ0v) is 12.2. The zero-order valence-electron chi connectivity index (χ0n) is 10.7. The van der Waals surface area contributed by atoms with E-state index in [9.17, 15) is 4.79 Å². The molecule has 0 aliphatic carbocycles. The fraction of sp³-hybridized carbons (Fsp3) is 0.0667. The molecular formula is C15H12Cl2N2O. The molecule has 0 unspecified atom stereocenters. The largest absolute Gasteiger partial charge is 0.271 e. The van der Waals surface area contributed by atoms with Crippen molar-refractivity contribution in [3.8, 4) is 0 Å². The highest BCUT2D eigenvalue weighted by atomic mass is 35.5. The van der Waals surface area contributed by atoms with Crippen LogP contribution in [0.25, 0.3) is 0 Å². The molecule has 5 heteroatoms. The molecule has 0 saturated carbocycles. The van der Waals surface area contributed by atoms with Crippen molar-refractivity contribution in [2.24, 2.45) is 5.10 Å². The van der Waals surface area contributed by atoms with Gasteiger partial charge >= 0.3 is 0 Å². The van der Waals surface area contributed by atoms with Crippen molar-refractivity contribution in [3.05, 3.63) is 69.2 Å². The first-order valence-electron chi connectivity index (χ1n) is 5.92. The molecule has 0 radical (unpaired) electrons. The van der Waals surface area contributed by atoms with Crippen LogP contribution in [-0.4, -0.2) is 12.1 Å². The first-order chi connectivity index (χ1) is 9.58. The molecule has 102 valence electrons. The summed E-state index contributed by atoms with van der Waals surface area (Å²) in [6.45, 7) is 1.87. The van der Waals surface area contributed by atoms with Crippen LogP contribution in [0.1, 0.15) is 21.5 Å². The van der Waals surface area contributed by atoms with Gasteiger partial charge in [0.15, 0.2) is 0 Å². The van der Waals surface area contributed by atoms with Crippen LogP contribution in [0.4, 0.5) is 0 Å². The van der Waals surface area contributed by atoms with E-state index in [0.29, 0.717) is 15.6 Å². The lowest BCUT2D eigenvalue weighted by Crippen LogP contribution is -2.18. The van der Waals surface area contributed by atoms with Crippen LogP contribution in [0.2, 0.25) is 10.0 Å². The SMILES string of the molecule is Cc1ccccc1C(=O)NN=Cc1ccc(Cl)c(Cl)c1. The lowest BCUT2D eigenvalue weighted by molar-refractivity contribution is 0.0954. The maximum absolute atomic E-state index is 11.9. The molecular weight excluding hydrogens is 295 g/mol. The quantitative estimate of drug-likeness (QED) is 0.674. The lowest BCUT2D eigenvalue weighted by Gasteiger charge is -2.03. The second-order valence-electron chi connectivity index (χ2n) is 4.19. The van der Waals surface area contributed by atoms with Crippen LogP contribution in [0.5, 0.6) is 0 Å². The minimum absolute atomic E-state index is 0.251. The minimum Gasteiger partial charge on any atom is -0.267 e. The number of hydrazone groups is 1. The Labute approximate surface area is 127 Å². The molecule has 0 aliphatic rings. The molecule has 0 saturated heterocycles. The molecule has 3 nitrogen and oxygen atoms in total. The smallest absolute Gasteiger partial charge is 0.267 e. The Morgan fingerprint density at radius 3 is 2.60 bits per heavy atom. The van der Waals surface area contributed by atoms with Gasteiger partial charge in [-0.15, -0.1) is 0 Å². The highest BCUT2D eigenvalue weighted by Gasteiger charge is 2.06. The summed E-state index contributed by atoms with van der Waals surface area (Å²) in [4.78, 5) is 11.9. The Hall–Kier alpha value is -1.84. The molecule has 1 amide bonds. The maximum Gasteiger partial charge on any atom is 0.271 e. The first kappa shape index (κ1) is 14.6. The van der Waals surface area contributed by atoms with Gasteiger partial charge in [-0.3, -0.25) is 4.79 Å². The standard InChI is InChI=1S/C15H12Cl2N2O/c1-10-4-2-3-5-12(10)15(20)19-18-9-11-6-7-13(16)14(17)8-11/h2-9H,1H3,(H,19,20). The summed E-state index contributed by atoms with van der Waals surface area (Å²) in [5, 5.41) is 4.83. The number of carbonyl (C=O) groups excluding carboxylic acids is 1. The predicted molar refractivity (Wildman–Crippen MR) is 82.7 cm³/mol. The van der Waals surface area contributed by atoms with Gasteiger partial charge < -0.3 is 0 Å². The van der Waals surface area contributed by atoms with Crippen molar-refractivity contribution in [3.63, 3.8) is 0 Å². The van der Waals surface area contributed by atoms with Crippen molar-refractivity contribution >= 4 is 35.3 Å². The van der Waals surface area contributed by atoms with Gasteiger partial charge in [0, 0.05) is 5.56 Å². The van der Waals surface area contributed by atoms with Crippen LogP contribution in [0.3, 0.4) is 0 Å². The van der Waals surface area contributed by atoms with E-state index >= 15 is 0 Å². The van der Waals surface area contributed by atoms with E-state index in [2.05, 4.69) is 10.5 Å². The molecule has 2 rings (SSSR count). The number of halogens is 2. The average Bonchev–Trinajstić information content (AvgIpc) is 2.43. The van der Waals surface area contributed by atoms with Crippen LogP contribution in [0, 0.1) is 6.92 Å². The molecule has 0 atom stereocenters. The second-order valence-corrected chi connectivity index (χ2v) is 5.00. The van der Waals surface area contributed by atoms with E-state index in [-0.39, 0.29) is 5.91 Å². The summed E-state index contributed by atoms with van der Waals surface area (Å²) >= 11 is 11.7. The molecule has 0 spiro atoms. The van der Waals surface area contributed by atoms with Crippen LogP contribution < -0.4 is 5.43 Å². The van der Waals surface area contributed by atoms with E-state index in [1.165, 1.54) is 6.21 Å². The molecule has 0 aliphatic heterocycles. The third-order valence-corrected chi connectivity index (χ3v) is 3.45. The van der Waals surface area contributed by atoms with Crippen molar-refractivity contribution < 1.29 is 4.79 Å². The summed E-state index contributed by atoms with van der Waals surface area (Å²) in [7, 11) is 0. The molecule has 1 N–H and O–H groups in total. The Morgan fingerprint density at radius 2 is 1.90 bits per heavy atom. The summed E-state index contributed by atoms with van der Waals surface area (Å²) in [5.41, 5.74) is 4.72. The summed E-state index contributed by atoms with van der Waals surface area (Å²) in [6.07, 6.45) is 1.51. The number of aryl methyl sites for hydroxylation is 1. The number of hydrogen-bond donors (Lipinski definition) is 1. The number of nitrogens with one attached hydrogen (secondary N) is 1. The van der Waals surface area contributed by atoms with Gasteiger partial charge in [0.05, 0.1) is 16.3 Å². The Morgan fingerprint density at radius 1 is 1.15 bits per heavy atom. The van der Waals surface area contributed by atoms with E-state index in [0.717, 1.165) is 11.1 Å². The van der Waals surface area contributed by atoms with Gasteiger partial charge in [-0.05, 0) is 36.2 Å². The third-order valence-electron chi connectivity index (χ3n) is 2.71. The van der Waals surface area contributed by atoms with Crippen molar-refractivity contribution in [2.45, 2.75) is 6.92 Å². The van der Waals surface area contributed by atoms with Gasteiger partial charge in [-0.2, -0.15) is 5.10 Å². The highest BCUT2D eigenvalue weighted by Crippen LogP contribution is 2.21. The second kappa shape index (κ2) is 6.55. The summed E-state index contributed by atoms with van der Waals surface area (Å²) in [6, 6.07) is 12.4. The normalized spacial score (nSPS) is 10.8. The van der Waals surface area contributed by atoms with Gasteiger partial charge in [-0.25, -0.2) is 5.43 Å². The van der Waals surface area contributed by atoms with E-state index in [1.807, 2.05) is 25.1 Å². The number of rotatable bonds is 3. The Balaban J connectivity index is 2.05. The number of hydrogen-bond acceptors (Lipinski definition) is 2. The van der Waals surface area contributed by atoms with Crippen LogP contribution in [-0.2, 0) is 0 Å². The summed E-state index contributed by atoms with van der Waals surface area (Å²) in [5.74, 6) is -0.251. The fourth-order valence-corrected chi connectivity index (χ4v) is 1.95. The monoisotopic (exact) mass is 306 g/mol. The lowest BCUT2D eigenvalue weighted by atomic mass is 10.1. The van der Waals surface area contributed by atoms with Crippen LogP contribution in [0.15, 0.2) is 47.6 Å². The highest BCUT2D eigenvalue weighted by molar-refractivity contribution is 6.42. The van der Waals surface area contributed by atoms with Gasteiger partial charge in [0.1, 0.15) is 0 Å². The molecule has 2 aromatic carbocycles. The van der Waals surface area contributed by atoms with Gasteiger partial charge in [0.25, 0.3) is 5.91 Å². The molecule has 2 aromatic rings. The number of benzene rings is 2. The molecule has 0 heterocycles. The zero-order chi connectivity index (χ0) is 14.5. The van der Waals surface area contributed by atoms with E-state index < -0.39 is 0 Å². The van der Waals surface area contributed by atoms with Crippen molar-refractivity contribution in [1.82, 2.24) is 5.43 Å². The molecule has 0 aromatic heterocycles. The van der Waals surface area contributed by atoms with Crippen LogP contribution >= 0.6 is 23.2 Å². The molecule has 20 heavy (non-hydrogen) atoms. The number of carbonyl (C=O) groups is 1. The van der Waals surface area contributed by atoms with Crippen molar-refractivity contribution in [2.75, 3.05) is 0 Å². The average molecular weight is 307 g/mol. The number of amides is 1. The Bertz CT molecular complexity index is 669. The summed E-state index contributed by atoms with van der Waals surface area (Å²) < 4.78 is 0.